The number of hydrogen-bond donors (Lipinski definition) is 1. The van der Waals surface area contributed by atoms with E-state index in [1.165, 1.54) is 0 Å². The molecule has 1 amide bonds. The first kappa shape index (κ1) is 22.6. The van der Waals surface area contributed by atoms with Crippen LogP contribution in [0.5, 0.6) is 5.75 Å². The summed E-state index contributed by atoms with van der Waals surface area (Å²) in [6.45, 7) is 2.26. The summed E-state index contributed by atoms with van der Waals surface area (Å²) >= 11 is 0. The van der Waals surface area contributed by atoms with Crippen LogP contribution in [0.2, 0.25) is 0 Å². The molecule has 6 rings (SSSR count). The van der Waals surface area contributed by atoms with Gasteiger partial charge in [-0.25, -0.2) is 0 Å². The van der Waals surface area contributed by atoms with E-state index in [4.69, 9.17) is 9.47 Å². The Labute approximate surface area is 209 Å². The number of aliphatic hydroxyl groups is 1. The molecule has 3 heterocycles. The number of ether oxygens (including phenoxy) is 2. The molecule has 2 saturated heterocycles. The molecular weight excluding hydrogens is 456 g/mol. The van der Waals surface area contributed by atoms with Crippen molar-refractivity contribution < 1.29 is 24.2 Å². The van der Waals surface area contributed by atoms with E-state index in [0.29, 0.717) is 25.3 Å². The molecule has 36 heavy (non-hydrogen) atoms. The van der Waals surface area contributed by atoms with Gasteiger partial charge in [-0.2, -0.15) is 0 Å². The fraction of sp³-hybridized carbons (Fsp3) is 0.310. The lowest BCUT2D eigenvalue weighted by atomic mass is 9.91. The lowest BCUT2D eigenvalue weighted by Crippen LogP contribution is -2.36. The monoisotopic (exact) mass is 484 g/mol. The van der Waals surface area contributed by atoms with Crippen molar-refractivity contribution >= 4 is 33.9 Å². The van der Waals surface area contributed by atoms with Crippen molar-refractivity contribution in [1.29, 1.82) is 0 Å². The van der Waals surface area contributed by atoms with Crippen molar-refractivity contribution in [2.75, 3.05) is 38.3 Å². The highest BCUT2D eigenvalue weighted by Crippen LogP contribution is 2.43. The molecule has 2 fully saturated rings. The van der Waals surface area contributed by atoms with Gasteiger partial charge < -0.3 is 24.4 Å². The first-order valence-corrected chi connectivity index (χ1v) is 12.4. The van der Waals surface area contributed by atoms with Crippen molar-refractivity contribution in [2.24, 2.45) is 0 Å². The quantitative estimate of drug-likeness (QED) is 0.339. The number of fused-ring (bicyclic) bond motifs is 2. The normalized spacial score (nSPS) is 23.2. The average molecular weight is 485 g/mol. The highest BCUT2D eigenvalue weighted by molar-refractivity contribution is 6.46. The van der Waals surface area contributed by atoms with Crippen molar-refractivity contribution in [3.8, 4) is 5.75 Å². The molecule has 7 heteroatoms. The molecule has 3 aliphatic rings. The number of nitrogens with zero attached hydrogens (tertiary/aromatic N) is 2. The number of carbonyl (C=O) groups excluding carboxylic acids is 2. The number of Topliss-reactive ketones (excluding diaryl/α,β-unsaturated/α-hetero) is 1. The van der Waals surface area contributed by atoms with E-state index in [1.807, 2.05) is 60.5 Å². The summed E-state index contributed by atoms with van der Waals surface area (Å²) in [5.41, 5.74) is 2.23. The Morgan fingerprint density at radius 3 is 2.72 bits per heavy atom. The maximum atomic E-state index is 13.5. The van der Waals surface area contributed by atoms with Crippen LogP contribution in [-0.2, 0) is 14.3 Å². The minimum atomic E-state index is -0.717. The highest BCUT2D eigenvalue weighted by atomic mass is 16.5. The maximum absolute atomic E-state index is 13.5. The first-order chi connectivity index (χ1) is 17.5. The van der Waals surface area contributed by atoms with E-state index < -0.39 is 17.7 Å². The fourth-order valence-corrected chi connectivity index (χ4v) is 5.54. The number of carbonyl (C=O) groups is 2. The fourth-order valence-electron chi connectivity index (χ4n) is 5.54. The van der Waals surface area contributed by atoms with E-state index in [1.54, 1.807) is 17.0 Å². The van der Waals surface area contributed by atoms with Crippen LogP contribution in [0.25, 0.3) is 16.5 Å². The molecule has 0 aromatic heterocycles. The molecule has 0 aliphatic carbocycles. The minimum absolute atomic E-state index is 0.105. The number of hydrogen-bond acceptors (Lipinski definition) is 6. The summed E-state index contributed by atoms with van der Waals surface area (Å²) in [5, 5.41) is 13.5. The van der Waals surface area contributed by atoms with Gasteiger partial charge in [-0.1, -0.05) is 42.5 Å². The number of benzene rings is 3. The zero-order valence-electron chi connectivity index (χ0n) is 20.1. The molecule has 3 aromatic carbocycles. The smallest absolute Gasteiger partial charge is 0.295 e. The Balaban J connectivity index is 1.52. The Morgan fingerprint density at radius 2 is 1.89 bits per heavy atom. The standard InChI is InChI=1S/C29H28N2O5/c1-30-13-15-36-24-12-11-19(16-23(24)30)27(32)25-26(22-10-4-7-18-6-2-3-9-21(18)22)31(29(34)28(25)33)17-20-8-5-14-35-20/h2-4,6-7,9-12,16,20,26,32H,5,8,13-15,17H2,1H3/b27-25+. The van der Waals surface area contributed by atoms with Gasteiger partial charge >= 0.3 is 0 Å². The predicted molar refractivity (Wildman–Crippen MR) is 137 cm³/mol. The first-order valence-electron chi connectivity index (χ1n) is 12.4. The predicted octanol–water partition coefficient (Wildman–Crippen LogP) is 4.27. The molecule has 0 bridgehead atoms. The third-order valence-electron chi connectivity index (χ3n) is 7.41. The summed E-state index contributed by atoms with van der Waals surface area (Å²) in [6.07, 6.45) is 1.64. The van der Waals surface area contributed by atoms with Gasteiger partial charge in [0.05, 0.1) is 30.0 Å². The third-order valence-corrected chi connectivity index (χ3v) is 7.41. The molecule has 2 unspecified atom stereocenters. The Morgan fingerprint density at radius 1 is 1.06 bits per heavy atom. The Hall–Kier alpha value is -3.84. The van der Waals surface area contributed by atoms with Gasteiger partial charge in [0.15, 0.2) is 0 Å². The summed E-state index contributed by atoms with van der Waals surface area (Å²) in [5.74, 6) is -0.734. The van der Waals surface area contributed by atoms with Gasteiger partial charge in [0.2, 0.25) is 0 Å². The molecule has 0 saturated carbocycles. The number of likely N-dealkylation sites (N-methyl/N-ethyl adjacent to an activating group) is 1. The lowest BCUT2D eigenvalue weighted by Gasteiger charge is -2.29. The SMILES string of the molecule is CN1CCOc2ccc(/C(O)=C3\C(=O)C(=O)N(CC4CCCO4)C3c3cccc4ccccc34)cc21. The number of anilines is 1. The van der Waals surface area contributed by atoms with Crippen LogP contribution >= 0.6 is 0 Å². The second-order valence-electron chi connectivity index (χ2n) is 9.61. The largest absolute Gasteiger partial charge is 0.507 e. The summed E-state index contributed by atoms with van der Waals surface area (Å²) in [6, 6.07) is 18.4. The number of likely N-dealkylation sites (tertiary alicyclic amines) is 1. The van der Waals surface area contributed by atoms with Crippen molar-refractivity contribution in [1.82, 2.24) is 4.90 Å². The summed E-state index contributed by atoms with van der Waals surface area (Å²) < 4.78 is 11.6. The van der Waals surface area contributed by atoms with Crippen LogP contribution in [0, 0.1) is 0 Å². The average Bonchev–Trinajstić information content (AvgIpc) is 3.50. The van der Waals surface area contributed by atoms with E-state index >= 15 is 0 Å². The Kier molecular flexibility index (Phi) is 5.64. The molecule has 1 N–H and O–H groups in total. The minimum Gasteiger partial charge on any atom is -0.507 e. The molecule has 7 nitrogen and oxygen atoms in total. The van der Waals surface area contributed by atoms with E-state index in [0.717, 1.165) is 47.2 Å². The van der Waals surface area contributed by atoms with E-state index in [-0.39, 0.29) is 17.4 Å². The van der Waals surface area contributed by atoms with Crippen LogP contribution in [0.3, 0.4) is 0 Å². The topological polar surface area (TPSA) is 79.3 Å². The summed E-state index contributed by atoms with van der Waals surface area (Å²) in [7, 11) is 1.96. The molecule has 2 atom stereocenters. The third kappa shape index (κ3) is 3.71. The van der Waals surface area contributed by atoms with Crippen LogP contribution in [0.15, 0.2) is 66.2 Å². The maximum Gasteiger partial charge on any atom is 0.295 e. The van der Waals surface area contributed by atoms with Gasteiger partial charge in [0.1, 0.15) is 18.1 Å². The molecule has 184 valence electrons. The number of rotatable bonds is 4. The van der Waals surface area contributed by atoms with Crippen molar-refractivity contribution in [3.63, 3.8) is 0 Å². The Bertz CT molecular complexity index is 1390. The number of amides is 1. The highest BCUT2D eigenvalue weighted by Gasteiger charge is 2.47. The van der Waals surface area contributed by atoms with Gasteiger partial charge in [0, 0.05) is 25.8 Å². The summed E-state index contributed by atoms with van der Waals surface area (Å²) in [4.78, 5) is 30.5. The van der Waals surface area contributed by atoms with Crippen LogP contribution in [0.1, 0.15) is 30.0 Å². The van der Waals surface area contributed by atoms with Crippen molar-refractivity contribution in [3.05, 3.63) is 77.4 Å². The van der Waals surface area contributed by atoms with E-state index in [9.17, 15) is 14.7 Å². The molecule has 3 aliphatic heterocycles. The van der Waals surface area contributed by atoms with Gasteiger partial charge in [-0.05, 0) is 47.4 Å². The van der Waals surface area contributed by atoms with Crippen molar-refractivity contribution in [2.45, 2.75) is 25.0 Å². The molecular formula is C29H28N2O5. The zero-order chi connectivity index (χ0) is 24.8. The van der Waals surface area contributed by atoms with Crippen LogP contribution < -0.4 is 9.64 Å². The number of ketones is 1. The van der Waals surface area contributed by atoms with Gasteiger partial charge in [0.25, 0.3) is 11.7 Å². The molecule has 0 spiro atoms. The van der Waals surface area contributed by atoms with E-state index in [2.05, 4.69) is 0 Å². The number of aliphatic hydroxyl groups excluding tert-OH is 1. The van der Waals surface area contributed by atoms with Gasteiger partial charge in [-0.3, -0.25) is 9.59 Å². The molecule has 0 radical (unpaired) electrons. The van der Waals surface area contributed by atoms with Crippen LogP contribution in [-0.4, -0.2) is 61.2 Å². The lowest BCUT2D eigenvalue weighted by molar-refractivity contribution is -0.140. The zero-order valence-corrected chi connectivity index (χ0v) is 20.1. The second-order valence-corrected chi connectivity index (χ2v) is 9.61. The molecule has 3 aromatic rings. The van der Waals surface area contributed by atoms with Gasteiger partial charge in [-0.15, -0.1) is 0 Å². The van der Waals surface area contributed by atoms with Crippen LogP contribution in [0.4, 0.5) is 5.69 Å². The second kappa shape index (κ2) is 8.99.